The first-order valence-corrected chi connectivity index (χ1v) is 5.60. The quantitative estimate of drug-likeness (QED) is 0.864. The summed E-state index contributed by atoms with van der Waals surface area (Å²) in [5.41, 5.74) is 7.84. The molecule has 0 aliphatic heterocycles. The molecule has 2 aromatic rings. The first-order chi connectivity index (χ1) is 7.63. The third kappa shape index (κ3) is 1.88. The molecule has 2 rings (SSSR count). The molecule has 1 aromatic heterocycles. The standard InChI is InChI=1S/C12H15ClN2O/c1-7(14)6-8-11-9(15-12(8)13)4-3-5-10(11)16-2/h3-5,7,15H,6,14H2,1-2H3. The van der Waals surface area contributed by atoms with E-state index in [1.54, 1.807) is 7.11 Å². The SMILES string of the molecule is COc1cccc2[nH]c(Cl)c(CC(C)N)c12. The van der Waals surface area contributed by atoms with Crippen molar-refractivity contribution >= 4 is 22.5 Å². The highest BCUT2D eigenvalue weighted by atomic mass is 35.5. The van der Waals surface area contributed by atoms with Gasteiger partial charge in [0.2, 0.25) is 0 Å². The van der Waals surface area contributed by atoms with E-state index in [0.717, 1.165) is 28.6 Å². The third-order valence-electron chi connectivity index (χ3n) is 2.58. The predicted octanol–water partition coefficient (Wildman–Crippen LogP) is 2.72. The molecule has 1 heterocycles. The zero-order chi connectivity index (χ0) is 11.7. The van der Waals surface area contributed by atoms with Gasteiger partial charge in [-0.05, 0) is 25.5 Å². The van der Waals surface area contributed by atoms with Crippen molar-refractivity contribution < 1.29 is 4.74 Å². The van der Waals surface area contributed by atoms with Crippen molar-refractivity contribution in [1.29, 1.82) is 0 Å². The van der Waals surface area contributed by atoms with E-state index in [4.69, 9.17) is 22.1 Å². The summed E-state index contributed by atoms with van der Waals surface area (Å²) in [6, 6.07) is 5.91. The van der Waals surface area contributed by atoms with Crippen LogP contribution in [-0.2, 0) is 6.42 Å². The van der Waals surface area contributed by atoms with Crippen LogP contribution in [0.5, 0.6) is 5.75 Å². The van der Waals surface area contributed by atoms with Crippen LogP contribution in [0.3, 0.4) is 0 Å². The largest absolute Gasteiger partial charge is 0.496 e. The van der Waals surface area contributed by atoms with Crippen molar-refractivity contribution in [2.24, 2.45) is 5.73 Å². The third-order valence-corrected chi connectivity index (χ3v) is 2.91. The normalized spacial score (nSPS) is 13.0. The van der Waals surface area contributed by atoms with Gasteiger partial charge in [0, 0.05) is 17.0 Å². The summed E-state index contributed by atoms with van der Waals surface area (Å²) >= 11 is 6.17. The molecule has 0 spiro atoms. The summed E-state index contributed by atoms with van der Waals surface area (Å²) in [7, 11) is 1.66. The number of fused-ring (bicyclic) bond motifs is 1. The minimum absolute atomic E-state index is 0.0708. The molecule has 4 heteroatoms. The summed E-state index contributed by atoms with van der Waals surface area (Å²) in [5, 5.41) is 1.68. The maximum Gasteiger partial charge on any atom is 0.128 e. The molecule has 0 bridgehead atoms. The Labute approximate surface area is 99.5 Å². The van der Waals surface area contributed by atoms with Gasteiger partial charge in [-0.1, -0.05) is 17.7 Å². The van der Waals surface area contributed by atoms with Gasteiger partial charge in [-0.3, -0.25) is 0 Å². The second kappa shape index (κ2) is 4.36. The fourth-order valence-electron chi connectivity index (χ4n) is 1.93. The first kappa shape index (κ1) is 11.3. The molecule has 1 atom stereocenters. The van der Waals surface area contributed by atoms with Gasteiger partial charge in [-0.25, -0.2) is 0 Å². The molecule has 3 N–H and O–H groups in total. The summed E-state index contributed by atoms with van der Waals surface area (Å²) in [5.74, 6) is 0.830. The smallest absolute Gasteiger partial charge is 0.128 e. The van der Waals surface area contributed by atoms with Crippen molar-refractivity contribution in [3.05, 3.63) is 28.9 Å². The Hall–Kier alpha value is -1.19. The molecule has 1 aromatic carbocycles. The number of methoxy groups -OCH3 is 1. The summed E-state index contributed by atoms with van der Waals surface area (Å²) in [6.07, 6.45) is 0.735. The van der Waals surface area contributed by atoms with Crippen LogP contribution in [0, 0.1) is 0 Å². The molecule has 0 aliphatic carbocycles. The molecule has 0 fully saturated rings. The number of rotatable bonds is 3. The van der Waals surface area contributed by atoms with Gasteiger partial charge in [0.05, 0.1) is 12.6 Å². The van der Waals surface area contributed by atoms with E-state index in [1.807, 2.05) is 25.1 Å². The molecule has 0 amide bonds. The molecule has 1 unspecified atom stereocenters. The maximum absolute atomic E-state index is 6.17. The molecule has 0 saturated heterocycles. The molecule has 86 valence electrons. The van der Waals surface area contributed by atoms with E-state index in [-0.39, 0.29) is 6.04 Å². The summed E-state index contributed by atoms with van der Waals surface area (Å²) in [6.45, 7) is 1.96. The zero-order valence-electron chi connectivity index (χ0n) is 9.38. The molecule has 16 heavy (non-hydrogen) atoms. The van der Waals surface area contributed by atoms with E-state index >= 15 is 0 Å². The highest BCUT2D eigenvalue weighted by molar-refractivity contribution is 6.32. The lowest BCUT2D eigenvalue weighted by Gasteiger charge is -2.07. The number of hydrogen-bond acceptors (Lipinski definition) is 2. The monoisotopic (exact) mass is 238 g/mol. The molecule has 0 saturated carbocycles. The number of benzene rings is 1. The van der Waals surface area contributed by atoms with Crippen molar-refractivity contribution in [2.45, 2.75) is 19.4 Å². The second-order valence-electron chi connectivity index (χ2n) is 3.98. The average molecular weight is 239 g/mol. The van der Waals surface area contributed by atoms with Gasteiger partial charge in [0.25, 0.3) is 0 Å². The zero-order valence-corrected chi connectivity index (χ0v) is 10.1. The number of aromatic nitrogens is 1. The maximum atomic E-state index is 6.17. The van der Waals surface area contributed by atoms with Crippen molar-refractivity contribution in [1.82, 2.24) is 4.98 Å². The van der Waals surface area contributed by atoms with Crippen LogP contribution >= 0.6 is 11.6 Å². The van der Waals surface area contributed by atoms with Gasteiger partial charge >= 0.3 is 0 Å². The van der Waals surface area contributed by atoms with Crippen molar-refractivity contribution in [2.75, 3.05) is 7.11 Å². The van der Waals surface area contributed by atoms with Crippen LogP contribution in [0.25, 0.3) is 10.9 Å². The first-order valence-electron chi connectivity index (χ1n) is 5.22. The van der Waals surface area contributed by atoms with E-state index in [9.17, 15) is 0 Å². The van der Waals surface area contributed by atoms with Crippen LogP contribution in [0.4, 0.5) is 0 Å². The number of aromatic amines is 1. The summed E-state index contributed by atoms with van der Waals surface area (Å²) < 4.78 is 5.34. The lowest BCUT2D eigenvalue weighted by atomic mass is 10.1. The Balaban J connectivity index is 2.65. The van der Waals surface area contributed by atoms with Crippen LogP contribution in [0.15, 0.2) is 18.2 Å². The molecule has 0 aliphatic rings. The van der Waals surface area contributed by atoms with Crippen LogP contribution in [0.2, 0.25) is 5.15 Å². The number of nitrogens with two attached hydrogens (primary N) is 1. The molecular formula is C12H15ClN2O. The van der Waals surface area contributed by atoms with Crippen LogP contribution < -0.4 is 10.5 Å². The Kier molecular flexibility index (Phi) is 3.08. The second-order valence-corrected chi connectivity index (χ2v) is 4.36. The topological polar surface area (TPSA) is 51.0 Å². The highest BCUT2D eigenvalue weighted by Crippen LogP contribution is 2.33. The van der Waals surface area contributed by atoms with Crippen LogP contribution in [0.1, 0.15) is 12.5 Å². The lowest BCUT2D eigenvalue weighted by Crippen LogP contribution is -2.17. The Morgan fingerprint density at radius 1 is 1.50 bits per heavy atom. The van der Waals surface area contributed by atoms with Gasteiger partial charge in [-0.15, -0.1) is 0 Å². The van der Waals surface area contributed by atoms with Crippen molar-refractivity contribution in [3.8, 4) is 5.75 Å². The average Bonchev–Trinajstić information content (AvgIpc) is 2.54. The van der Waals surface area contributed by atoms with Gasteiger partial charge in [0.15, 0.2) is 0 Å². The Morgan fingerprint density at radius 3 is 2.88 bits per heavy atom. The summed E-state index contributed by atoms with van der Waals surface area (Å²) in [4.78, 5) is 3.14. The predicted molar refractivity (Wildman–Crippen MR) is 67.2 cm³/mol. The Morgan fingerprint density at radius 2 is 2.25 bits per heavy atom. The minimum Gasteiger partial charge on any atom is -0.496 e. The Bertz CT molecular complexity index is 505. The van der Waals surface area contributed by atoms with Gasteiger partial charge in [-0.2, -0.15) is 0 Å². The highest BCUT2D eigenvalue weighted by Gasteiger charge is 2.14. The molecule has 3 nitrogen and oxygen atoms in total. The molecular weight excluding hydrogens is 224 g/mol. The number of H-pyrrole nitrogens is 1. The molecule has 0 radical (unpaired) electrons. The van der Waals surface area contributed by atoms with E-state index in [2.05, 4.69) is 4.98 Å². The minimum atomic E-state index is 0.0708. The van der Waals surface area contributed by atoms with E-state index in [1.165, 1.54) is 0 Å². The van der Waals surface area contributed by atoms with E-state index in [0.29, 0.717) is 5.15 Å². The van der Waals surface area contributed by atoms with E-state index < -0.39 is 0 Å². The number of halogens is 1. The number of hydrogen-bond donors (Lipinski definition) is 2. The lowest BCUT2D eigenvalue weighted by molar-refractivity contribution is 0.419. The fourth-order valence-corrected chi connectivity index (χ4v) is 2.21. The number of nitrogens with one attached hydrogen (secondary N) is 1. The number of ether oxygens (including phenoxy) is 1. The van der Waals surface area contributed by atoms with Crippen LogP contribution in [-0.4, -0.2) is 18.1 Å². The fraction of sp³-hybridized carbons (Fsp3) is 0.333. The van der Waals surface area contributed by atoms with Crippen molar-refractivity contribution in [3.63, 3.8) is 0 Å². The van der Waals surface area contributed by atoms with Gasteiger partial charge < -0.3 is 15.5 Å². The van der Waals surface area contributed by atoms with Gasteiger partial charge in [0.1, 0.15) is 10.9 Å².